The summed E-state index contributed by atoms with van der Waals surface area (Å²) in [6, 6.07) is 1.75. The van der Waals surface area contributed by atoms with E-state index < -0.39 is 12.1 Å². The van der Waals surface area contributed by atoms with Crippen molar-refractivity contribution in [3.8, 4) is 6.07 Å². The molecule has 0 spiro atoms. The maximum atomic E-state index is 10.6. The second kappa shape index (κ2) is 17.7. The number of halogens is 3. The molecule has 6 nitrogen and oxygen atoms in total. The highest BCUT2D eigenvalue weighted by Crippen LogP contribution is 2.13. The van der Waals surface area contributed by atoms with E-state index in [1.54, 1.807) is 6.07 Å². The first-order valence-corrected chi connectivity index (χ1v) is 4.30. The van der Waals surface area contributed by atoms with Crippen LogP contribution in [0.4, 0.5) is 13.2 Å². The zero-order chi connectivity index (χ0) is 15.8. The number of carbonyl (C=O) groups excluding carboxylic acids is 1. The Morgan fingerprint density at radius 3 is 1.28 bits per heavy atom. The van der Waals surface area contributed by atoms with E-state index in [2.05, 4.69) is 0 Å². The maximum absolute atomic E-state index is 10.6. The third kappa shape index (κ3) is 89.5. The quantitative estimate of drug-likeness (QED) is 0.649. The summed E-state index contributed by atoms with van der Waals surface area (Å²) in [4.78, 5) is 18.3. The first-order valence-electron chi connectivity index (χ1n) is 4.30. The molecule has 0 aromatic rings. The van der Waals surface area contributed by atoms with Gasteiger partial charge in [-0.25, -0.2) is 4.79 Å². The van der Waals surface area contributed by atoms with Crippen LogP contribution in [0.3, 0.4) is 0 Å². The minimum absolute atomic E-state index is 0.125. The predicted octanol–water partition coefficient (Wildman–Crippen LogP) is 0.729. The van der Waals surface area contributed by atoms with Gasteiger partial charge in [0.1, 0.15) is 5.78 Å². The van der Waals surface area contributed by atoms with E-state index >= 15 is 0 Å². The van der Waals surface area contributed by atoms with Gasteiger partial charge in [0.2, 0.25) is 0 Å². The molecule has 108 valence electrons. The second-order valence-corrected chi connectivity index (χ2v) is 2.38. The molecule has 0 saturated heterocycles. The smallest absolute Gasteiger partial charge is 0.475 e. The predicted molar refractivity (Wildman–Crippen MR) is 55.5 cm³/mol. The van der Waals surface area contributed by atoms with E-state index in [0.29, 0.717) is 0 Å². The van der Waals surface area contributed by atoms with Gasteiger partial charge in [0, 0.05) is 6.92 Å². The zero-order valence-corrected chi connectivity index (χ0v) is 10.2. The lowest BCUT2D eigenvalue weighted by Crippen LogP contribution is -2.21. The summed E-state index contributed by atoms with van der Waals surface area (Å²) < 4.78 is 31.7. The van der Waals surface area contributed by atoms with Crippen molar-refractivity contribution in [2.75, 3.05) is 13.2 Å². The maximum Gasteiger partial charge on any atom is 0.490 e. The molecule has 0 rings (SSSR count). The molecule has 0 amide bonds. The summed E-state index contributed by atoms with van der Waals surface area (Å²) in [6.45, 7) is 4.24. The van der Waals surface area contributed by atoms with Crippen LogP contribution >= 0.6 is 0 Å². The number of carboxylic acid groups (broad SMARTS) is 1. The van der Waals surface area contributed by atoms with Gasteiger partial charge in [0.05, 0.1) is 19.3 Å². The Balaban J connectivity index is -0.0000000775. The summed E-state index contributed by atoms with van der Waals surface area (Å²) in [7, 11) is 0. The average Bonchev–Trinajstić information content (AvgIpc) is 2.17. The van der Waals surface area contributed by atoms with Crippen molar-refractivity contribution in [2.24, 2.45) is 0 Å². The van der Waals surface area contributed by atoms with E-state index in [1.165, 1.54) is 20.8 Å². The fourth-order valence-corrected chi connectivity index (χ4v) is 0. The van der Waals surface area contributed by atoms with Gasteiger partial charge in [-0.15, -0.1) is 0 Å². The molecule has 3 N–H and O–H groups in total. The summed E-state index contributed by atoms with van der Waals surface area (Å²) >= 11 is 0. The number of hydrogen-bond acceptors (Lipinski definition) is 5. The molecule has 9 heteroatoms. The molecule has 0 aromatic heterocycles. The molecule has 0 saturated carbocycles. The highest BCUT2D eigenvalue weighted by Gasteiger charge is 2.38. The highest BCUT2D eigenvalue weighted by atomic mass is 19.4. The number of nitriles is 1. The first kappa shape index (κ1) is 25.3. The number of carboxylic acids is 1. The lowest BCUT2D eigenvalue weighted by atomic mass is 10.6. The number of aliphatic hydroxyl groups excluding tert-OH is 2. The van der Waals surface area contributed by atoms with E-state index in [4.69, 9.17) is 25.4 Å². The molecule has 0 fully saturated rings. The van der Waals surface area contributed by atoms with Crippen LogP contribution in [-0.2, 0) is 9.59 Å². The van der Waals surface area contributed by atoms with E-state index in [-0.39, 0.29) is 19.0 Å². The molecular weight excluding hydrogens is 259 g/mol. The summed E-state index contributed by atoms with van der Waals surface area (Å²) in [5.41, 5.74) is 0. The Morgan fingerprint density at radius 2 is 1.28 bits per heavy atom. The van der Waals surface area contributed by atoms with Crippen molar-refractivity contribution in [1.29, 1.82) is 5.26 Å². The van der Waals surface area contributed by atoms with Crippen LogP contribution in [0.5, 0.6) is 0 Å². The molecule has 0 bridgehead atoms. The zero-order valence-electron chi connectivity index (χ0n) is 10.2. The van der Waals surface area contributed by atoms with Crippen LogP contribution in [-0.4, -0.2) is 46.5 Å². The van der Waals surface area contributed by atoms with Crippen molar-refractivity contribution in [3.05, 3.63) is 0 Å². The Labute approximate surface area is 102 Å². The number of aliphatic carboxylic acids is 1. The minimum Gasteiger partial charge on any atom is -0.475 e. The number of nitrogens with zero attached hydrogens (tertiary/aromatic N) is 1. The third-order valence-electron chi connectivity index (χ3n) is 0.343. The van der Waals surface area contributed by atoms with Crippen LogP contribution in [0.25, 0.3) is 0 Å². The fraction of sp³-hybridized carbons (Fsp3) is 0.667. The molecule has 0 radical (unpaired) electrons. The highest BCUT2D eigenvalue weighted by molar-refractivity contribution is 5.73. The molecule has 0 aromatic carbocycles. The van der Waals surface area contributed by atoms with E-state index in [1.807, 2.05) is 0 Å². The van der Waals surface area contributed by atoms with Gasteiger partial charge < -0.3 is 20.1 Å². The molecular formula is C9H16F3NO5. The SMILES string of the molecule is CC#N.CC(C)=O.O=C(O)C(F)(F)F.OCCO. The van der Waals surface area contributed by atoms with Gasteiger partial charge in [0.15, 0.2) is 0 Å². The van der Waals surface area contributed by atoms with Crippen LogP contribution < -0.4 is 0 Å². The summed E-state index contributed by atoms with van der Waals surface area (Å²) in [5.74, 6) is -2.59. The van der Waals surface area contributed by atoms with Gasteiger partial charge in [-0.3, -0.25) is 0 Å². The normalized spacial score (nSPS) is 7.94. The van der Waals surface area contributed by atoms with Gasteiger partial charge >= 0.3 is 12.1 Å². The first-order chi connectivity index (χ1) is 8.00. The Morgan fingerprint density at radius 1 is 1.17 bits per heavy atom. The molecule has 0 aliphatic rings. The number of aliphatic hydroxyl groups is 2. The molecule has 0 unspecified atom stereocenters. The van der Waals surface area contributed by atoms with Crippen LogP contribution in [0, 0.1) is 11.3 Å². The number of hydrogen-bond donors (Lipinski definition) is 3. The molecule has 18 heavy (non-hydrogen) atoms. The van der Waals surface area contributed by atoms with Crippen LogP contribution in [0.1, 0.15) is 20.8 Å². The van der Waals surface area contributed by atoms with Crippen LogP contribution in [0.2, 0.25) is 0 Å². The number of ketones is 1. The minimum atomic E-state index is -5.08. The van der Waals surface area contributed by atoms with Crippen molar-refractivity contribution >= 4 is 11.8 Å². The Hall–Kier alpha value is -1.66. The van der Waals surface area contributed by atoms with Crippen molar-refractivity contribution in [2.45, 2.75) is 26.9 Å². The molecule has 0 aliphatic carbocycles. The van der Waals surface area contributed by atoms with Crippen molar-refractivity contribution < 1.29 is 38.1 Å². The van der Waals surface area contributed by atoms with Gasteiger partial charge in [-0.05, 0) is 13.8 Å². The van der Waals surface area contributed by atoms with Crippen molar-refractivity contribution in [1.82, 2.24) is 0 Å². The standard InChI is InChI=1S/C3H6O.C2HF3O2.C2H3N.C2H6O2/c1-3(2)4;3-2(4,5)1(6)7;1-2-3;3-1-2-4/h1-2H3;(H,6,7);1H3;3-4H,1-2H2. The summed E-state index contributed by atoms with van der Waals surface area (Å²) in [6.07, 6.45) is -5.08. The second-order valence-electron chi connectivity index (χ2n) is 2.38. The molecule has 0 aliphatic heterocycles. The van der Waals surface area contributed by atoms with Gasteiger partial charge in [0.25, 0.3) is 0 Å². The van der Waals surface area contributed by atoms with Gasteiger partial charge in [-0.1, -0.05) is 0 Å². The number of rotatable bonds is 1. The Kier molecular flexibility index (Phi) is 24.9. The lowest BCUT2D eigenvalue weighted by Gasteiger charge is -1.93. The Bertz CT molecular complexity index is 242. The number of carbonyl (C=O) groups is 2. The number of alkyl halides is 3. The van der Waals surface area contributed by atoms with Gasteiger partial charge in [-0.2, -0.15) is 18.4 Å². The topological polar surface area (TPSA) is 119 Å². The number of Topliss-reactive ketones (excluding diaryl/α,β-unsaturated/α-hetero) is 1. The monoisotopic (exact) mass is 275 g/mol. The molecule has 0 heterocycles. The van der Waals surface area contributed by atoms with E-state index in [9.17, 15) is 18.0 Å². The fourth-order valence-electron chi connectivity index (χ4n) is 0. The summed E-state index contributed by atoms with van der Waals surface area (Å²) in [5, 5.41) is 29.7. The third-order valence-corrected chi connectivity index (χ3v) is 0.343. The van der Waals surface area contributed by atoms with Crippen LogP contribution in [0.15, 0.2) is 0 Å². The van der Waals surface area contributed by atoms with Crippen molar-refractivity contribution in [3.63, 3.8) is 0 Å². The lowest BCUT2D eigenvalue weighted by molar-refractivity contribution is -0.192. The largest absolute Gasteiger partial charge is 0.490 e. The van der Waals surface area contributed by atoms with E-state index in [0.717, 1.165) is 0 Å². The molecule has 0 atom stereocenters. The average molecular weight is 275 g/mol.